The van der Waals surface area contributed by atoms with E-state index in [1.54, 1.807) is 17.5 Å². The van der Waals surface area contributed by atoms with Gasteiger partial charge in [0, 0.05) is 18.3 Å². The predicted octanol–water partition coefficient (Wildman–Crippen LogP) is 5.12. The number of carbonyl (C=O) groups excluding carboxylic acids is 1. The fourth-order valence-corrected chi connectivity index (χ4v) is 5.19. The molecule has 1 heterocycles. The Labute approximate surface area is 182 Å². The highest BCUT2D eigenvalue weighted by Gasteiger charge is 2.25. The number of sulfonamides is 1. The molecule has 0 spiro atoms. The summed E-state index contributed by atoms with van der Waals surface area (Å²) in [6.07, 6.45) is 5.43. The van der Waals surface area contributed by atoms with Crippen molar-refractivity contribution in [2.75, 3.05) is 30.3 Å². The first kappa shape index (κ1) is 24.0. The molecule has 0 fully saturated rings. The molecule has 0 amide bonds. The molecule has 2 aromatic rings. The Morgan fingerprint density at radius 3 is 2.60 bits per heavy atom. The van der Waals surface area contributed by atoms with Crippen LogP contribution in [0.1, 0.15) is 55.6 Å². The van der Waals surface area contributed by atoms with Gasteiger partial charge >= 0.3 is 5.97 Å². The van der Waals surface area contributed by atoms with E-state index in [0.717, 1.165) is 36.4 Å². The number of hydrogen-bond acceptors (Lipinski definition) is 7. The van der Waals surface area contributed by atoms with Gasteiger partial charge in [-0.1, -0.05) is 33.1 Å². The Morgan fingerprint density at radius 2 is 1.90 bits per heavy atom. The molecule has 166 valence electrons. The molecule has 0 aliphatic carbocycles. The fourth-order valence-electron chi connectivity index (χ4n) is 2.78. The van der Waals surface area contributed by atoms with Gasteiger partial charge in [-0.2, -0.15) is 0 Å². The summed E-state index contributed by atoms with van der Waals surface area (Å²) in [5.74, 6) is -0.246. The highest BCUT2D eigenvalue weighted by molar-refractivity contribution is 7.93. The van der Waals surface area contributed by atoms with Crippen LogP contribution in [-0.4, -0.2) is 34.6 Å². The number of benzene rings is 1. The lowest BCUT2D eigenvalue weighted by atomic mass is 10.2. The van der Waals surface area contributed by atoms with Crippen molar-refractivity contribution >= 4 is 38.7 Å². The molecule has 30 heavy (non-hydrogen) atoms. The van der Waals surface area contributed by atoms with Gasteiger partial charge in [0.2, 0.25) is 0 Å². The molecule has 0 atom stereocenters. The summed E-state index contributed by atoms with van der Waals surface area (Å²) in [5, 5.41) is 4.90. The Balaban J connectivity index is 2.21. The van der Waals surface area contributed by atoms with E-state index >= 15 is 0 Å². The van der Waals surface area contributed by atoms with Gasteiger partial charge < -0.3 is 14.8 Å². The lowest BCUT2D eigenvalue weighted by Gasteiger charge is -2.15. The Hall–Kier alpha value is -2.26. The number of carbonyl (C=O) groups is 1. The second-order valence-electron chi connectivity index (χ2n) is 6.76. The third-order valence-corrected chi connectivity index (χ3v) is 6.77. The van der Waals surface area contributed by atoms with Crippen molar-refractivity contribution in [3.05, 3.63) is 34.5 Å². The Bertz CT molecular complexity index is 925. The number of methoxy groups -OCH3 is 1. The van der Waals surface area contributed by atoms with Crippen LogP contribution in [0.25, 0.3) is 0 Å². The predicted molar refractivity (Wildman–Crippen MR) is 121 cm³/mol. The zero-order valence-corrected chi connectivity index (χ0v) is 19.3. The summed E-state index contributed by atoms with van der Waals surface area (Å²) in [6, 6.07) is 6.66. The van der Waals surface area contributed by atoms with Crippen LogP contribution in [0.4, 0.5) is 11.4 Å². The number of rotatable bonds is 13. The molecule has 0 aliphatic heterocycles. The second-order valence-corrected chi connectivity index (χ2v) is 9.32. The molecule has 2 rings (SSSR count). The molecule has 1 aromatic carbocycles. The van der Waals surface area contributed by atoms with E-state index in [1.807, 2.05) is 13.0 Å². The zero-order chi connectivity index (χ0) is 22.0. The van der Waals surface area contributed by atoms with Gasteiger partial charge in [-0.3, -0.25) is 4.72 Å². The van der Waals surface area contributed by atoms with E-state index < -0.39 is 16.0 Å². The standard InChI is InChI=1S/C21H30N2O5S2/c1-4-6-7-8-12-22-16-9-10-17(18(15-16)28-13-5-2)23-30(25,26)19-11-14-29-20(19)21(24)27-3/h9-11,14-15,22-23H,4-8,12-13H2,1-3H3. The molecule has 2 N–H and O–H groups in total. The van der Waals surface area contributed by atoms with Crippen LogP contribution in [0.5, 0.6) is 5.75 Å². The van der Waals surface area contributed by atoms with Crippen LogP contribution in [0, 0.1) is 0 Å². The van der Waals surface area contributed by atoms with Crippen LogP contribution < -0.4 is 14.8 Å². The third kappa shape index (κ3) is 6.63. The van der Waals surface area contributed by atoms with Crippen molar-refractivity contribution in [1.82, 2.24) is 0 Å². The van der Waals surface area contributed by atoms with Crippen molar-refractivity contribution in [3.8, 4) is 5.75 Å². The molecule has 0 aliphatic rings. The van der Waals surface area contributed by atoms with Crippen molar-refractivity contribution in [1.29, 1.82) is 0 Å². The van der Waals surface area contributed by atoms with E-state index in [9.17, 15) is 13.2 Å². The number of unbranched alkanes of at least 4 members (excludes halogenated alkanes) is 3. The first-order valence-electron chi connectivity index (χ1n) is 10.1. The maximum Gasteiger partial charge on any atom is 0.349 e. The second kappa shape index (κ2) is 11.8. The van der Waals surface area contributed by atoms with Gasteiger partial charge in [0.1, 0.15) is 15.5 Å². The highest BCUT2D eigenvalue weighted by Crippen LogP contribution is 2.32. The molecular weight excluding hydrogens is 424 g/mol. The van der Waals surface area contributed by atoms with Crippen molar-refractivity contribution in [3.63, 3.8) is 0 Å². The summed E-state index contributed by atoms with van der Waals surface area (Å²) in [4.78, 5) is 11.8. The van der Waals surface area contributed by atoms with Crippen LogP contribution >= 0.6 is 11.3 Å². The minimum Gasteiger partial charge on any atom is -0.491 e. The van der Waals surface area contributed by atoms with Gasteiger partial charge in [0.05, 0.1) is 19.4 Å². The van der Waals surface area contributed by atoms with Crippen molar-refractivity contribution < 1.29 is 22.7 Å². The number of hydrogen-bond donors (Lipinski definition) is 2. The number of thiophene rings is 1. The maximum atomic E-state index is 12.9. The number of esters is 1. The minimum atomic E-state index is -3.98. The van der Waals surface area contributed by atoms with E-state index in [4.69, 9.17) is 4.74 Å². The molecule has 0 bridgehead atoms. The first-order valence-corrected chi connectivity index (χ1v) is 12.5. The molecule has 1 aromatic heterocycles. The van der Waals surface area contributed by atoms with Gasteiger partial charge in [-0.25, -0.2) is 13.2 Å². The van der Waals surface area contributed by atoms with Crippen LogP contribution in [0.3, 0.4) is 0 Å². The molecular formula is C21H30N2O5S2. The maximum absolute atomic E-state index is 12.9. The Morgan fingerprint density at radius 1 is 1.10 bits per heavy atom. The molecule has 0 radical (unpaired) electrons. The Kier molecular flexibility index (Phi) is 9.45. The number of anilines is 2. The highest BCUT2D eigenvalue weighted by atomic mass is 32.2. The molecule has 0 saturated heterocycles. The molecule has 0 unspecified atom stereocenters. The van der Waals surface area contributed by atoms with E-state index in [0.29, 0.717) is 18.0 Å². The third-order valence-electron chi connectivity index (χ3n) is 4.34. The van der Waals surface area contributed by atoms with Crippen LogP contribution in [0.15, 0.2) is 34.5 Å². The lowest BCUT2D eigenvalue weighted by Crippen LogP contribution is -2.16. The number of nitrogens with one attached hydrogen (secondary N) is 2. The zero-order valence-electron chi connectivity index (χ0n) is 17.7. The topological polar surface area (TPSA) is 93.7 Å². The largest absolute Gasteiger partial charge is 0.491 e. The summed E-state index contributed by atoms with van der Waals surface area (Å²) in [6.45, 7) is 5.46. The quantitative estimate of drug-likeness (QED) is 0.322. The van der Waals surface area contributed by atoms with E-state index in [-0.39, 0.29) is 9.77 Å². The summed E-state index contributed by atoms with van der Waals surface area (Å²) in [5.41, 5.74) is 1.19. The SMILES string of the molecule is CCCCCCNc1ccc(NS(=O)(=O)c2ccsc2C(=O)OC)c(OCCC)c1. The van der Waals surface area contributed by atoms with Gasteiger partial charge in [-0.15, -0.1) is 11.3 Å². The van der Waals surface area contributed by atoms with E-state index in [1.165, 1.54) is 32.4 Å². The fraction of sp³-hybridized carbons (Fsp3) is 0.476. The smallest absolute Gasteiger partial charge is 0.349 e. The minimum absolute atomic E-state index is 0.0337. The monoisotopic (exact) mass is 454 g/mol. The first-order chi connectivity index (χ1) is 14.4. The van der Waals surface area contributed by atoms with E-state index in [2.05, 4.69) is 21.7 Å². The van der Waals surface area contributed by atoms with Crippen molar-refractivity contribution in [2.24, 2.45) is 0 Å². The normalized spacial score (nSPS) is 11.2. The molecule has 7 nitrogen and oxygen atoms in total. The average molecular weight is 455 g/mol. The lowest BCUT2D eigenvalue weighted by molar-refractivity contribution is 0.0602. The number of ether oxygens (including phenoxy) is 2. The van der Waals surface area contributed by atoms with Gasteiger partial charge in [0.25, 0.3) is 10.0 Å². The van der Waals surface area contributed by atoms with Gasteiger partial charge in [0.15, 0.2) is 0 Å². The van der Waals surface area contributed by atoms with Crippen molar-refractivity contribution in [2.45, 2.75) is 50.8 Å². The van der Waals surface area contributed by atoms with Crippen LogP contribution in [-0.2, 0) is 14.8 Å². The van der Waals surface area contributed by atoms with Crippen LogP contribution in [0.2, 0.25) is 0 Å². The summed E-state index contributed by atoms with van der Waals surface area (Å²) < 4.78 is 38.8. The molecule has 9 heteroatoms. The average Bonchev–Trinajstić information content (AvgIpc) is 3.24. The summed E-state index contributed by atoms with van der Waals surface area (Å²) in [7, 11) is -2.77. The van der Waals surface area contributed by atoms with Gasteiger partial charge in [-0.05, 0) is 36.4 Å². The molecule has 0 saturated carbocycles. The summed E-state index contributed by atoms with van der Waals surface area (Å²) >= 11 is 1.02.